The van der Waals surface area contributed by atoms with Crippen molar-refractivity contribution in [2.24, 2.45) is 0 Å². The van der Waals surface area contributed by atoms with Crippen LogP contribution in [0.5, 0.6) is 5.75 Å². The van der Waals surface area contributed by atoms with Crippen LogP contribution in [0.25, 0.3) is 11.4 Å². The highest BCUT2D eigenvalue weighted by Crippen LogP contribution is 2.36. The number of aromatic nitrogens is 2. The van der Waals surface area contributed by atoms with E-state index in [0.29, 0.717) is 25.3 Å². The molecule has 35 heavy (non-hydrogen) atoms. The topological polar surface area (TPSA) is 72.5 Å². The van der Waals surface area contributed by atoms with Gasteiger partial charge in [-0.15, -0.1) is 0 Å². The number of aryl methyl sites for hydroxylation is 1. The van der Waals surface area contributed by atoms with Crippen molar-refractivity contribution in [2.75, 3.05) is 34.0 Å². The van der Waals surface area contributed by atoms with Crippen LogP contribution in [0.1, 0.15) is 29.3 Å². The van der Waals surface area contributed by atoms with Gasteiger partial charge in [-0.05, 0) is 49.7 Å². The summed E-state index contributed by atoms with van der Waals surface area (Å²) in [6.07, 6.45) is 5.69. The number of methoxy groups -OCH3 is 2. The molecule has 2 aromatic carbocycles. The van der Waals surface area contributed by atoms with E-state index in [1.165, 1.54) is 0 Å². The quantitative estimate of drug-likeness (QED) is 0.494. The Labute approximate surface area is 206 Å². The summed E-state index contributed by atoms with van der Waals surface area (Å²) in [5.41, 5.74) is 4.72. The molecule has 1 aliphatic heterocycles. The molecule has 7 nitrogen and oxygen atoms in total. The van der Waals surface area contributed by atoms with E-state index in [1.807, 2.05) is 66.2 Å². The third-order valence-electron chi connectivity index (χ3n) is 6.33. The van der Waals surface area contributed by atoms with Crippen LogP contribution >= 0.6 is 0 Å². The zero-order valence-corrected chi connectivity index (χ0v) is 20.6. The fourth-order valence-corrected chi connectivity index (χ4v) is 4.49. The second-order valence-corrected chi connectivity index (χ2v) is 8.70. The summed E-state index contributed by atoms with van der Waals surface area (Å²) in [6.45, 7) is 9.99. The molecule has 0 amide bonds. The zero-order valence-electron chi connectivity index (χ0n) is 20.6. The van der Waals surface area contributed by atoms with Gasteiger partial charge in [0.15, 0.2) is 0 Å². The highest BCUT2D eigenvalue weighted by Gasteiger charge is 2.35. The van der Waals surface area contributed by atoms with E-state index in [4.69, 9.17) is 14.2 Å². The van der Waals surface area contributed by atoms with Crippen molar-refractivity contribution < 1.29 is 14.2 Å². The molecule has 1 atom stereocenters. The Kier molecular flexibility index (Phi) is 6.94. The van der Waals surface area contributed by atoms with Crippen LogP contribution in [0, 0.1) is 18.3 Å². The molecule has 4 rings (SSSR count). The molecule has 0 saturated heterocycles. The van der Waals surface area contributed by atoms with Gasteiger partial charge < -0.3 is 23.7 Å². The number of rotatable bonds is 7. The fraction of sp³-hybridized carbons (Fsp3) is 0.286. The molecule has 0 spiro atoms. The summed E-state index contributed by atoms with van der Waals surface area (Å²) >= 11 is 0. The van der Waals surface area contributed by atoms with Crippen LogP contribution in [0.15, 0.2) is 73.3 Å². The minimum atomic E-state index is -0.490. The largest absolute Gasteiger partial charge is 0.495 e. The molecule has 3 aromatic rings. The van der Waals surface area contributed by atoms with Crippen LogP contribution < -0.4 is 4.74 Å². The lowest BCUT2D eigenvalue weighted by Gasteiger charge is -2.42. The molecule has 0 N–H and O–H groups in total. The van der Waals surface area contributed by atoms with Crippen LogP contribution in [0.2, 0.25) is 0 Å². The number of nitrogens with zero attached hydrogens (tertiary/aromatic N) is 4. The summed E-state index contributed by atoms with van der Waals surface area (Å²) < 4.78 is 19.4. The van der Waals surface area contributed by atoms with Crippen molar-refractivity contribution in [1.29, 1.82) is 5.26 Å². The van der Waals surface area contributed by atoms with Crippen LogP contribution in [-0.4, -0.2) is 48.4 Å². The van der Waals surface area contributed by atoms with E-state index in [2.05, 4.69) is 29.5 Å². The molecular formula is C28H30N4O3. The lowest BCUT2D eigenvalue weighted by atomic mass is 9.89. The van der Waals surface area contributed by atoms with Gasteiger partial charge in [-0.25, -0.2) is 4.98 Å². The van der Waals surface area contributed by atoms with Gasteiger partial charge in [0.05, 0.1) is 55.1 Å². The molecule has 1 unspecified atom stereocenters. The summed E-state index contributed by atoms with van der Waals surface area (Å²) in [6, 6.07) is 15.8. The number of ether oxygens (including phenoxy) is 3. The Morgan fingerprint density at radius 1 is 1.20 bits per heavy atom. The first-order valence-electron chi connectivity index (χ1n) is 11.4. The predicted molar refractivity (Wildman–Crippen MR) is 135 cm³/mol. The van der Waals surface area contributed by atoms with E-state index in [9.17, 15) is 5.26 Å². The Hall–Kier alpha value is -4.02. The second-order valence-electron chi connectivity index (χ2n) is 8.70. The van der Waals surface area contributed by atoms with E-state index < -0.39 is 5.54 Å². The average molecular weight is 471 g/mol. The van der Waals surface area contributed by atoms with E-state index in [1.54, 1.807) is 20.5 Å². The number of hydrogen-bond donors (Lipinski definition) is 0. The van der Waals surface area contributed by atoms with Crippen molar-refractivity contribution in [3.63, 3.8) is 0 Å². The molecule has 0 radical (unpaired) electrons. The Balaban J connectivity index is 1.67. The summed E-state index contributed by atoms with van der Waals surface area (Å²) in [4.78, 5) is 6.51. The first kappa shape index (κ1) is 24.1. The van der Waals surface area contributed by atoms with Gasteiger partial charge in [0, 0.05) is 30.6 Å². The van der Waals surface area contributed by atoms with Gasteiger partial charge in [0.25, 0.3) is 0 Å². The van der Waals surface area contributed by atoms with Crippen LogP contribution in [0.4, 0.5) is 0 Å². The molecule has 1 aliphatic rings. The maximum Gasteiger partial charge on any atom is 0.143 e. The summed E-state index contributed by atoms with van der Waals surface area (Å²) in [5, 5.41) is 9.18. The molecule has 2 heterocycles. The third-order valence-corrected chi connectivity index (χ3v) is 6.33. The SMILES string of the molecule is C=C1C=C(c2ccc(-n3cnc(C)c3)c(OC)c2)OCCN1C(C)(COC)c1ccc(C#N)cc1. The third kappa shape index (κ3) is 4.79. The maximum absolute atomic E-state index is 9.18. The summed E-state index contributed by atoms with van der Waals surface area (Å²) in [7, 11) is 3.35. The normalized spacial score (nSPS) is 15.5. The van der Waals surface area contributed by atoms with Gasteiger partial charge in [0.1, 0.15) is 18.1 Å². The number of nitriles is 1. The Morgan fingerprint density at radius 2 is 1.97 bits per heavy atom. The molecule has 1 aromatic heterocycles. The molecule has 7 heteroatoms. The highest BCUT2D eigenvalue weighted by atomic mass is 16.5. The second kappa shape index (κ2) is 10.1. The van der Waals surface area contributed by atoms with Crippen molar-refractivity contribution in [1.82, 2.24) is 14.5 Å². The van der Waals surface area contributed by atoms with E-state index in [0.717, 1.165) is 39.7 Å². The molecule has 0 fully saturated rings. The smallest absolute Gasteiger partial charge is 0.143 e. The van der Waals surface area contributed by atoms with Crippen molar-refractivity contribution in [3.05, 3.63) is 95.7 Å². The monoisotopic (exact) mass is 470 g/mol. The van der Waals surface area contributed by atoms with Crippen LogP contribution in [-0.2, 0) is 15.0 Å². The van der Waals surface area contributed by atoms with Crippen molar-refractivity contribution in [2.45, 2.75) is 19.4 Å². The van der Waals surface area contributed by atoms with Gasteiger partial charge in [-0.3, -0.25) is 0 Å². The number of imidazole rings is 1. The first-order valence-corrected chi connectivity index (χ1v) is 11.4. The molecule has 0 bridgehead atoms. The van der Waals surface area contributed by atoms with Gasteiger partial charge in [0.2, 0.25) is 0 Å². The summed E-state index contributed by atoms with van der Waals surface area (Å²) in [5.74, 6) is 1.45. The molecule has 0 aliphatic carbocycles. The fourth-order valence-electron chi connectivity index (χ4n) is 4.49. The van der Waals surface area contributed by atoms with Gasteiger partial charge >= 0.3 is 0 Å². The number of allylic oxidation sites excluding steroid dienone is 1. The highest BCUT2D eigenvalue weighted by molar-refractivity contribution is 5.67. The first-order chi connectivity index (χ1) is 16.9. The van der Waals surface area contributed by atoms with Gasteiger partial charge in [-0.1, -0.05) is 18.7 Å². The van der Waals surface area contributed by atoms with Crippen LogP contribution in [0.3, 0.4) is 0 Å². The van der Waals surface area contributed by atoms with Crippen molar-refractivity contribution >= 4 is 5.76 Å². The standard InChI is InChI=1S/C28H30N4O3/c1-20-17-31(19-30-20)25-11-8-23(15-27(25)34-5)26-14-21(2)32(12-13-35-26)28(3,18-33-4)24-9-6-22(16-29)7-10-24/h6-11,14-15,17,19H,2,12-13,18H2,1,3-5H3. The molecule has 0 saturated carbocycles. The molecular weight excluding hydrogens is 440 g/mol. The maximum atomic E-state index is 9.18. The number of hydrogen-bond acceptors (Lipinski definition) is 6. The zero-order chi connectivity index (χ0) is 25.0. The van der Waals surface area contributed by atoms with Gasteiger partial charge in [-0.2, -0.15) is 5.26 Å². The van der Waals surface area contributed by atoms with E-state index >= 15 is 0 Å². The lowest BCUT2D eigenvalue weighted by molar-refractivity contribution is 0.0368. The Bertz CT molecular complexity index is 1290. The Morgan fingerprint density at radius 3 is 2.60 bits per heavy atom. The van der Waals surface area contributed by atoms with Crippen molar-refractivity contribution in [3.8, 4) is 17.5 Å². The number of benzene rings is 2. The minimum Gasteiger partial charge on any atom is -0.495 e. The predicted octanol–water partition coefficient (Wildman–Crippen LogP) is 4.81. The lowest BCUT2D eigenvalue weighted by Crippen LogP contribution is -2.47. The molecule has 180 valence electrons. The minimum absolute atomic E-state index is 0.452. The average Bonchev–Trinajstić information content (AvgIpc) is 3.20. The van der Waals surface area contributed by atoms with E-state index in [-0.39, 0.29) is 0 Å².